The molecule has 4 heteroatoms. The van der Waals surface area contributed by atoms with Crippen LogP contribution in [0.25, 0.3) is 0 Å². The first-order chi connectivity index (χ1) is 9.13. The summed E-state index contributed by atoms with van der Waals surface area (Å²) < 4.78 is 18.6. The summed E-state index contributed by atoms with van der Waals surface area (Å²) in [4.78, 5) is 12.6. The van der Waals surface area contributed by atoms with Gasteiger partial charge in [-0.15, -0.1) is 0 Å². The zero-order chi connectivity index (χ0) is 13.8. The number of methoxy groups -OCH3 is 1. The molecule has 0 heterocycles. The number of carbonyl (C=O) groups is 1. The van der Waals surface area contributed by atoms with Gasteiger partial charge < -0.3 is 9.64 Å². The van der Waals surface area contributed by atoms with Crippen LogP contribution in [0, 0.1) is 5.82 Å². The Balaban J connectivity index is 2.39. The van der Waals surface area contributed by atoms with Gasteiger partial charge in [-0.1, -0.05) is 6.07 Å². The molecular formula is C15H14FNO2. The Morgan fingerprint density at radius 3 is 2.63 bits per heavy atom. The van der Waals surface area contributed by atoms with Gasteiger partial charge in [0.15, 0.2) is 0 Å². The minimum atomic E-state index is -0.436. The summed E-state index contributed by atoms with van der Waals surface area (Å²) in [6, 6.07) is 11.6. The fourth-order valence-corrected chi connectivity index (χ4v) is 1.83. The van der Waals surface area contributed by atoms with Gasteiger partial charge in [-0.2, -0.15) is 0 Å². The van der Waals surface area contributed by atoms with Crippen LogP contribution in [-0.2, 0) is 0 Å². The molecule has 0 bridgehead atoms. The van der Waals surface area contributed by atoms with Crippen LogP contribution in [0.4, 0.5) is 15.8 Å². The summed E-state index contributed by atoms with van der Waals surface area (Å²) in [5.74, 6) is 0.283. The van der Waals surface area contributed by atoms with Crippen molar-refractivity contribution in [3.8, 4) is 5.75 Å². The fourth-order valence-electron chi connectivity index (χ4n) is 1.83. The lowest BCUT2D eigenvalue weighted by molar-refractivity contribution is 0.112. The lowest BCUT2D eigenvalue weighted by Crippen LogP contribution is -2.10. The molecule has 0 radical (unpaired) electrons. The van der Waals surface area contributed by atoms with Gasteiger partial charge in [0, 0.05) is 30.1 Å². The van der Waals surface area contributed by atoms with Gasteiger partial charge in [0.1, 0.15) is 17.9 Å². The molecule has 0 fully saturated rings. The molecule has 0 saturated heterocycles. The first-order valence-corrected chi connectivity index (χ1v) is 5.77. The standard InChI is InChI=1S/C15H14FNO2/c1-17(13-4-3-5-15(9-13)19-2)14-7-11(10-18)6-12(16)8-14/h3-10H,1-2H3. The maximum absolute atomic E-state index is 13.4. The van der Waals surface area contributed by atoms with Crippen molar-refractivity contribution in [1.29, 1.82) is 0 Å². The predicted molar refractivity (Wildman–Crippen MR) is 72.8 cm³/mol. The van der Waals surface area contributed by atoms with Gasteiger partial charge in [0.2, 0.25) is 0 Å². The maximum Gasteiger partial charge on any atom is 0.150 e. The number of ether oxygens (including phenoxy) is 1. The molecule has 0 aliphatic rings. The second kappa shape index (κ2) is 5.52. The summed E-state index contributed by atoms with van der Waals surface area (Å²) in [5.41, 5.74) is 1.77. The average Bonchev–Trinajstić information content (AvgIpc) is 2.45. The Morgan fingerprint density at radius 1 is 1.16 bits per heavy atom. The van der Waals surface area contributed by atoms with Gasteiger partial charge in [0.25, 0.3) is 0 Å². The molecule has 0 atom stereocenters. The van der Waals surface area contributed by atoms with Crippen LogP contribution >= 0.6 is 0 Å². The molecule has 0 spiro atoms. The van der Waals surface area contributed by atoms with Crippen LogP contribution in [0.1, 0.15) is 10.4 Å². The molecule has 0 saturated carbocycles. The van der Waals surface area contributed by atoms with Crippen molar-refractivity contribution in [2.24, 2.45) is 0 Å². The number of anilines is 2. The summed E-state index contributed by atoms with van der Waals surface area (Å²) in [6.07, 6.45) is 0.631. The van der Waals surface area contributed by atoms with Crippen LogP contribution < -0.4 is 9.64 Å². The number of hydrogen-bond acceptors (Lipinski definition) is 3. The second-order valence-corrected chi connectivity index (χ2v) is 4.12. The van der Waals surface area contributed by atoms with Gasteiger partial charge >= 0.3 is 0 Å². The number of halogens is 1. The van der Waals surface area contributed by atoms with E-state index in [1.54, 1.807) is 25.1 Å². The predicted octanol–water partition coefficient (Wildman–Crippen LogP) is 3.41. The minimum Gasteiger partial charge on any atom is -0.497 e. The number of hydrogen-bond donors (Lipinski definition) is 0. The van der Waals surface area contributed by atoms with Crippen molar-refractivity contribution < 1.29 is 13.9 Å². The molecule has 19 heavy (non-hydrogen) atoms. The third kappa shape index (κ3) is 2.91. The van der Waals surface area contributed by atoms with E-state index in [-0.39, 0.29) is 0 Å². The maximum atomic E-state index is 13.4. The van der Waals surface area contributed by atoms with Crippen LogP contribution in [0.2, 0.25) is 0 Å². The molecule has 0 aromatic heterocycles. The summed E-state index contributed by atoms with van der Waals surface area (Å²) in [6.45, 7) is 0. The highest BCUT2D eigenvalue weighted by Gasteiger charge is 2.08. The summed E-state index contributed by atoms with van der Waals surface area (Å²) >= 11 is 0. The van der Waals surface area contributed by atoms with Crippen LogP contribution in [0.15, 0.2) is 42.5 Å². The highest BCUT2D eigenvalue weighted by atomic mass is 19.1. The second-order valence-electron chi connectivity index (χ2n) is 4.12. The normalized spacial score (nSPS) is 10.1. The van der Waals surface area contributed by atoms with Gasteiger partial charge in [0.05, 0.1) is 7.11 Å². The number of aldehydes is 1. The molecule has 0 aliphatic carbocycles. The molecule has 0 unspecified atom stereocenters. The highest BCUT2D eigenvalue weighted by Crippen LogP contribution is 2.27. The van der Waals surface area contributed by atoms with E-state index in [0.29, 0.717) is 17.5 Å². The Bertz CT molecular complexity index is 598. The summed E-state index contributed by atoms with van der Waals surface area (Å²) in [7, 11) is 3.39. The molecule has 0 N–H and O–H groups in total. The van der Waals surface area contributed by atoms with E-state index in [1.165, 1.54) is 12.1 Å². The molecule has 98 valence electrons. The lowest BCUT2D eigenvalue weighted by Gasteiger charge is -2.20. The summed E-state index contributed by atoms with van der Waals surface area (Å²) in [5, 5.41) is 0. The third-order valence-electron chi connectivity index (χ3n) is 2.87. The van der Waals surface area contributed by atoms with Gasteiger partial charge in [-0.05, 0) is 30.3 Å². The Hall–Kier alpha value is -2.36. The monoisotopic (exact) mass is 259 g/mol. The van der Waals surface area contributed by atoms with E-state index in [2.05, 4.69) is 0 Å². The molecule has 3 nitrogen and oxygen atoms in total. The SMILES string of the molecule is COc1cccc(N(C)c2cc(F)cc(C=O)c2)c1. The third-order valence-corrected chi connectivity index (χ3v) is 2.87. The molecule has 2 aromatic carbocycles. The fraction of sp³-hybridized carbons (Fsp3) is 0.133. The smallest absolute Gasteiger partial charge is 0.150 e. The Morgan fingerprint density at radius 2 is 1.95 bits per heavy atom. The minimum absolute atomic E-state index is 0.310. The zero-order valence-corrected chi connectivity index (χ0v) is 10.8. The van der Waals surface area contributed by atoms with Crippen molar-refractivity contribution in [2.75, 3.05) is 19.1 Å². The van der Waals surface area contributed by atoms with E-state index in [1.807, 2.05) is 24.3 Å². The number of nitrogens with zero attached hydrogens (tertiary/aromatic N) is 1. The molecule has 2 rings (SSSR count). The Kier molecular flexibility index (Phi) is 3.80. The average molecular weight is 259 g/mol. The zero-order valence-electron chi connectivity index (χ0n) is 10.8. The highest BCUT2D eigenvalue weighted by molar-refractivity contribution is 5.78. The van der Waals surface area contributed by atoms with Gasteiger partial charge in [-0.25, -0.2) is 4.39 Å². The van der Waals surface area contributed by atoms with Crippen LogP contribution in [-0.4, -0.2) is 20.4 Å². The van der Waals surface area contributed by atoms with Crippen molar-refractivity contribution in [3.63, 3.8) is 0 Å². The van der Waals surface area contributed by atoms with E-state index < -0.39 is 5.82 Å². The first-order valence-electron chi connectivity index (χ1n) is 5.77. The first kappa shape index (κ1) is 13.1. The van der Waals surface area contributed by atoms with Crippen molar-refractivity contribution in [3.05, 3.63) is 53.8 Å². The van der Waals surface area contributed by atoms with Crippen molar-refractivity contribution >= 4 is 17.7 Å². The van der Waals surface area contributed by atoms with Crippen LogP contribution in [0.3, 0.4) is 0 Å². The molecular weight excluding hydrogens is 245 g/mol. The van der Waals surface area contributed by atoms with E-state index in [0.717, 1.165) is 11.4 Å². The molecule has 0 aliphatic heterocycles. The number of benzene rings is 2. The quantitative estimate of drug-likeness (QED) is 0.788. The largest absolute Gasteiger partial charge is 0.497 e. The van der Waals surface area contributed by atoms with E-state index in [4.69, 9.17) is 4.74 Å². The van der Waals surface area contributed by atoms with Gasteiger partial charge in [-0.3, -0.25) is 4.79 Å². The molecule has 2 aromatic rings. The van der Waals surface area contributed by atoms with Crippen LogP contribution in [0.5, 0.6) is 5.75 Å². The van der Waals surface area contributed by atoms with Crippen molar-refractivity contribution in [2.45, 2.75) is 0 Å². The topological polar surface area (TPSA) is 29.5 Å². The van der Waals surface area contributed by atoms with E-state index >= 15 is 0 Å². The molecule has 0 amide bonds. The van der Waals surface area contributed by atoms with E-state index in [9.17, 15) is 9.18 Å². The Labute approximate surface area is 111 Å². The van der Waals surface area contributed by atoms with Crippen molar-refractivity contribution in [1.82, 2.24) is 0 Å². The number of rotatable bonds is 4. The number of carbonyl (C=O) groups excluding carboxylic acids is 1. The lowest BCUT2D eigenvalue weighted by atomic mass is 10.2.